The van der Waals surface area contributed by atoms with Crippen LogP contribution in [0.1, 0.15) is 32.1 Å². The normalized spacial score (nSPS) is 18.1. The van der Waals surface area contributed by atoms with Crippen molar-refractivity contribution < 1.29 is 18.0 Å². The summed E-state index contributed by atoms with van der Waals surface area (Å²) >= 11 is 0. The zero-order valence-corrected chi connectivity index (χ0v) is 9.78. The van der Waals surface area contributed by atoms with Gasteiger partial charge in [-0.25, -0.2) is 0 Å². The highest BCUT2D eigenvalue weighted by atomic mass is 19.4. The Kier molecular flexibility index (Phi) is 5.74. The predicted molar refractivity (Wildman–Crippen MR) is 58.5 cm³/mol. The second-order valence-electron chi connectivity index (χ2n) is 4.39. The van der Waals surface area contributed by atoms with Crippen LogP contribution in [0.25, 0.3) is 0 Å². The summed E-state index contributed by atoms with van der Waals surface area (Å²) in [7, 11) is 0. The highest BCUT2D eigenvalue weighted by molar-refractivity contribution is 5.78. The molecule has 100 valence electrons. The molecule has 1 rings (SSSR count). The Morgan fingerprint density at radius 3 is 2.47 bits per heavy atom. The summed E-state index contributed by atoms with van der Waals surface area (Å²) in [5, 5.41) is 5.86. The van der Waals surface area contributed by atoms with Gasteiger partial charge in [0.2, 0.25) is 5.91 Å². The summed E-state index contributed by atoms with van der Waals surface area (Å²) in [6.45, 7) is 2.02. The van der Waals surface area contributed by atoms with Crippen LogP contribution in [0.5, 0.6) is 0 Å². The highest BCUT2D eigenvalue weighted by Crippen LogP contribution is 2.21. The van der Waals surface area contributed by atoms with Crippen LogP contribution in [-0.2, 0) is 4.79 Å². The van der Waals surface area contributed by atoms with E-state index < -0.39 is 12.6 Å². The summed E-state index contributed by atoms with van der Waals surface area (Å²) in [5.41, 5.74) is 0. The quantitative estimate of drug-likeness (QED) is 0.733. The van der Waals surface area contributed by atoms with Gasteiger partial charge in [0.25, 0.3) is 0 Å². The van der Waals surface area contributed by atoms with Crippen LogP contribution < -0.4 is 10.6 Å². The van der Waals surface area contributed by atoms with Crippen molar-refractivity contribution in [3.8, 4) is 0 Å². The second kappa shape index (κ2) is 6.83. The number of hydrogen-bond acceptors (Lipinski definition) is 2. The molecule has 0 bridgehead atoms. The maximum Gasteiger partial charge on any atom is 0.389 e. The minimum Gasteiger partial charge on any atom is -0.356 e. The molecule has 0 atom stereocenters. The number of halogens is 3. The molecule has 0 aromatic carbocycles. The number of carbonyl (C=O) groups is 1. The molecule has 1 saturated heterocycles. The maximum atomic E-state index is 11.8. The summed E-state index contributed by atoms with van der Waals surface area (Å²) < 4.78 is 35.5. The van der Waals surface area contributed by atoms with Gasteiger partial charge in [0, 0.05) is 18.9 Å². The van der Waals surface area contributed by atoms with Crippen molar-refractivity contribution in [3.63, 3.8) is 0 Å². The molecule has 0 spiro atoms. The molecule has 17 heavy (non-hydrogen) atoms. The molecular formula is C11H19F3N2O. The van der Waals surface area contributed by atoms with Gasteiger partial charge in [0.05, 0.1) is 0 Å². The average molecular weight is 252 g/mol. The van der Waals surface area contributed by atoms with Crippen molar-refractivity contribution in [1.82, 2.24) is 10.6 Å². The molecule has 0 aromatic rings. The van der Waals surface area contributed by atoms with Gasteiger partial charge in [-0.15, -0.1) is 0 Å². The van der Waals surface area contributed by atoms with Gasteiger partial charge < -0.3 is 10.6 Å². The van der Waals surface area contributed by atoms with Gasteiger partial charge in [-0.3, -0.25) is 4.79 Å². The Labute approximate surface area is 99.1 Å². The molecular weight excluding hydrogens is 233 g/mol. The van der Waals surface area contributed by atoms with Crippen molar-refractivity contribution in [2.45, 2.75) is 38.3 Å². The largest absolute Gasteiger partial charge is 0.389 e. The molecule has 1 fully saturated rings. The molecule has 0 saturated carbocycles. The molecule has 0 unspecified atom stereocenters. The Morgan fingerprint density at radius 2 is 1.88 bits per heavy atom. The molecule has 1 aliphatic rings. The molecule has 6 heteroatoms. The van der Waals surface area contributed by atoms with E-state index >= 15 is 0 Å². The van der Waals surface area contributed by atoms with E-state index in [9.17, 15) is 18.0 Å². The lowest BCUT2D eigenvalue weighted by molar-refractivity contribution is -0.135. The summed E-state index contributed by atoms with van der Waals surface area (Å²) in [4.78, 5) is 11.6. The Bertz CT molecular complexity index is 237. The third-order valence-corrected chi connectivity index (χ3v) is 2.90. The van der Waals surface area contributed by atoms with E-state index in [1.54, 1.807) is 0 Å². The van der Waals surface area contributed by atoms with E-state index in [1.165, 1.54) is 0 Å². The van der Waals surface area contributed by atoms with Crippen molar-refractivity contribution in [1.29, 1.82) is 0 Å². The Balaban J connectivity index is 2.04. The maximum absolute atomic E-state index is 11.8. The summed E-state index contributed by atoms with van der Waals surface area (Å²) in [6, 6.07) is 0. The van der Waals surface area contributed by atoms with E-state index in [0.29, 0.717) is 13.0 Å². The molecule has 0 aliphatic carbocycles. The topological polar surface area (TPSA) is 41.1 Å². The van der Waals surface area contributed by atoms with Crippen LogP contribution in [0.4, 0.5) is 13.2 Å². The summed E-state index contributed by atoms with van der Waals surface area (Å²) in [5.74, 6) is 0.0115. The first-order valence-electron chi connectivity index (χ1n) is 6.04. The van der Waals surface area contributed by atoms with Crippen molar-refractivity contribution >= 4 is 5.91 Å². The first-order valence-corrected chi connectivity index (χ1v) is 6.04. The number of hydrogen-bond donors (Lipinski definition) is 2. The van der Waals surface area contributed by atoms with Crippen LogP contribution in [0.15, 0.2) is 0 Å². The van der Waals surface area contributed by atoms with Gasteiger partial charge in [0.1, 0.15) is 0 Å². The van der Waals surface area contributed by atoms with Crippen LogP contribution in [0, 0.1) is 5.92 Å². The third kappa shape index (κ3) is 6.51. The zero-order chi connectivity index (χ0) is 12.7. The average Bonchev–Trinajstić information content (AvgIpc) is 2.28. The molecule has 1 amide bonds. The smallest absolute Gasteiger partial charge is 0.356 e. The van der Waals surface area contributed by atoms with Crippen LogP contribution >= 0.6 is 0 Å². The van der Waals surface area contributed by atoms with Crippen molar-refractivity contribution in [2.24, 2.45) is 5.92 Å². The van der Waals surface area contributed by atoms with E-state index in [1.807, 2.05) is 0 Å². The molecule has 1 heterocycles. The molecule has 1 aliphatic heterocycles. The van der Waals surface area contributed by atoms with Crippen molar-refractivity contribution in [3.05, 3.63) is 0 Å². The fourth-order valence-electron chi connectivity index (χ4n) is 1.89. The number of amides is 1. The van der Waals surface area contributed by atoms with Gasteiger partial charge >= 0.3 is 6.18 Å². The monoisotopic (exact) mass is 252 g/mol. The standard InChI is InChI=1S/C11H19F3N2O/c12-11(13,14)5-1-2-6-16-10(17)9-3-7-15-8-4-9/h9,15H,1-8H2,(H,16,17). The first kappa shape index (κ1) is 14.3. The van der Waals surface area contributed by atoms with E-state index in [4.69, 9.17) is 0 Å². The number of unbranched alkanes of at least 4 members (excludes halogenated alkanes) is 1. The minimum atomic E-state index is -4.08. The van der Waals surface area contributed by atoms with Crippen LogP contribution in [0.3, 0.4) is 0 Å². The molecule has 0 radical (unpaired) electrons. The second-order valence-corrected chi connectivity index (χ2v) is 4.39. The Hall–Kier alpha value is -0.780. The molecule has 2 N–H and O–H groups in total. The van der Waals surface area contributed by atoms with Gasteiger partial charge in [0.15, 0.2) is 0 Å². The fourth-order valence-corrected chi connectivity index (χ4v) is 1.89. The van der Waals surface area contributed by atoms with Gasteiger partial charge in [-0.1, -0.05) is 0 Å². The van der Waals surface area contributed by atoms with E-state index in [-0.39, 0.29) is 18.2 Å². The molecule has 3 nitrogen and oxygen atoms in total. The lowest BCUT2D eigenvalue weighted by Gasteiger charge is -2.21. The number of nitrogens with one attached hydrogen (secondary N) is 2. The summed E-state index contributed by atoms with van der Waals surface area (Å²) in [6.07, 6.45) is -2.76. The van der Waals surface area contributed by atoms with Crippen molar-refractivity contribution in [2.75, 3.05) is 19.6 Å². The number of rotatable bonds is 5. The van der Waals surface area contributed by atoms with Crippen LogP contribution in [-0.4, -0.2) is 31.7 Å². The Morgan fingerprint density at radius 1 is 1.24 bits per heavy atom. The lowest BCUT2D eigenvalue weighted by Crippen LogP contribution is -2.38. The van der Waals surface area contributed by atoms with Crippen LogP contribution in [0.2, 0.25) is 0 Å². The lowest BCUT2D eigenvalue weighted by atomic mass is 9.97. The SMILES string of the molecule is O=C(NCCCCC(F)(F)F)C1CCNCC1. The highest BCUT2D eigenvalue weighted by Gasteiger charge is 2.26. The minimum absolute atomic E-state index is 0.0153. The van der Waals surface area contributed by atoms with Gasteiger partial charge in [-0.05, 0) is 38.8 Å². The zero-order valence-electron chi connectivity index (χ0n) is 9.78. The van der Waals surface area contributed by atoms with E-state index in [0.717, 1.165) is 25.9 Å². The number of carbonyl (C=O) groups excluding carboxylic acids is 1. The number of alkyl halides is 3. The number of piperidine rings is 1. The first-order chi connectivity index (χ1) is 7.99. The van der Waals surface area contributed by atoms with E-state index in [2.05, 4.69) is 10.6 Å². The molecule has 0 aromatic heterocycles. The fraction of sp³-hybridized carbons (Fsp3) is 0.909. The van der Waals surface area contributed by atoms with Gasteiger partial charge in [-0.2, -0.15) is 13.2 Å². The predicted octanol–water partition coefficient (Wildman–Crippen LogP) is 1.83. The third-order valence-electron chi connectivity index (χ3n) is 2.90.